The van der Waals surface area contributed by atoms with E-state index in [1.54, 1.807) is 12.1 Å². The molecule has 7 nitrogen and oxygen atoms in total. The molecule has 5 rings (SSSR count). The number of ether oxygens (including phenoxy) is 3. The Morgan fingerprint density at radius 3 is 2.81 bits per heavy atom. The van der Waals surface area contributed by atoms with Crippen molar-refractivity contribution in [3.8, 4) is 17.2 Å². The molecule has 1 amide bonds. The quantitative estimate of drug-likeness (QED) is 0.310. The average Bonchev–Trinajstić information content (AvgIpc) is 3.46. The Bertz CT molecular complexity index is 1220. The number of nitrogens with one attached hydrogen (secondary N) is 1. The van der Waals surface area contributed by atoms with Gasteiger partial charge in [0.1, 0.15) is 17.9 Å². The van der Waals surface area contributed by atoms with Gasteiger partial charge < -0.3 is 23.9 Å². The predicted octanol–water partition coefficient (Wildman–Crippen LogP) is 4.66. The van der Waals surface area contributed by atoms with Gasteiger partial charge in [0.2, 0.25) is 6.79 Å². The zero-order valence-corrected chi connectivity index (χ0v) is 17.9. The van der Waals surface area contributed by atoms with Crippen LogP contribution in [0, 0.1) is 0 Å². The lowest BCUT2D eigenvalue weighted by atomic mass is 10.1. The number of amides is 1. The summed E-state index contributed by atoms with van der Waals surface area (Å²) in [5, 5.41) is 3.50. The number of thioether (sulfide) groups is 1. The summed E-state index contributed by atoms with van der Waals surface area (Å²) in [6.07, 6.45) is 0. The van der Waals surface area contributed by atoms with Crippen LogP contribution in [0.4, 0.5) is 0 Å². The molecular weight excluding hydrogens is 428 g/mol. The highest BCUT2D eigenvalue weighted by Gasteiger charge is 2.15. The molecule has 0 saturated heterocycles. The largest absolute Gasteiger partial charge is 0.492 e. The molecule has 0 aliphatic carbocycles. The second kappa shape index (κ2) is 9.23. The molecule has 1 aliphatic heterocycles. The molecule has 0 radical (unpaired) electrons. The molecule has 0 fully saturated rings. The maximum atomic E-state index is 12.7. The van der Waals surface area contributed by atoms with Gasteiger partial charge in [-0.15, -0.1) is 0 Å². The van der Waals surface area contributed by atoms with Crippen molar-refractivity contribution >= 4 is 28.8 Å². The number of carbonyl (C=O) groups is 1. The van der Waals surface area contributed by atoms with Gasteiger partial charge in [0, 0.05) is 17.4 Å². The number of para-hydroxylation sites is 2. The van der Waals surface area contributed by atoms with Crippen molar-refractivity contribution in [3.05, 3.63) is 77.9 Å². The van der Waals surface area contributed by atoms with Crippen LogP contribution in [-0.4, -0.2) is 30.8 Å². The third kappa shape index (κ3) is 4.50. The van der Waals surface area contributed by atoms with Gasteiger partial charge in [-0.25, -0.2) is 4.98 Å². The Morgan fingerprint density at radius 2 is 1.88 bits per heavy atom. The van der Waals surface area contributed by atoms with Crippen LogP contribution in [0.15, 0.2) is 76.4 Å². The normalized spacial score (nSPS) is 12.1. The Kier molecular flexibility index (Phi) is 5.85. The maximum absolute atomic E-state index is 12.7. The molecule has 162 valence electrons. The molecule has 0 bridgehead atoms. The summed E-state index contributed by atoms with van der Waals surface area (Å²) in [4.78, 5) is 17.2. The number of benzene rings is 3. The summed E-state index contributed by atoms with van der Waals surface area (Å²) in [5.41, 5.74) is 3.11. The predicted molar refractivity (Wildman–Crippen MR) is 120 cm³/mol. The zero-order valence-electron chi connectivity index (χ0n) is 17.1. The minimum Gasteiger partial charge on any atom is -0.492 e. The van der Waals surface area contributed by atoms with Crippen molar-refractivity contribution in [1.82, 2.24) is 10.3 Å². The third-order valence-electron chi connectivity index (χ3n) is 4.89. The van der Waals surface area contributed by atoms with E-state index in [1.807, 2.05) is 54.6 Å². The number of hydrogen-bond donors (Lipinski definition) is 1. The van der Waals surface area contributed by atoms with E-state index in [2.05, 4.69) is 10.3 Å². The van der Waals surface area contributed by atoms with E-state index >= 15 is 0 Å². The van der Waals surface area contributed by atoms with E-state index in [-0.39, 0.29) is 12.7 Å². The standard InChI is InChI=1S/C24H20N2O5S/c27-23(25-11-12-28-17-9-10-21-22(13-17)30-15-29-21)18-6-2-1-5-16(18)14-32-24-26-19-7-3-4-8-20(19)31-24/h1-10,13H,11-12,14-15H2,(H,25,27). The van der Waals surface area contributed by atoms with Crippen molar-refractivity contribution in [3.63, 3.8) is 0 Å². The molecular formula is C24H20N2O5S. The van der Waals surface area contributed by atoms with Gasteiger partial charge in [-0.05, 0) is 35.9 Å². The fraction of sp³-hybridized carbons (Fsp3) is 0.167. The van der Waals surface area contributed by atoms with E-state index < -0.39 is 0 Å². The summed E-state index contributed by atoms with van der Waals surface area (Å²) >= 11 is 1.46. The number of carbonyl (C=O) groups excluding carboxylic acids is 1. The molecule has 2 heterocycles. The Morgan fingerprint density at radius 1 is 1.03 bits per heavy atom. The van der Waals surface area contributed by atoms with Crippen LogP contribution in [0.1, 0.15) is 15.9 Å². The van der Waals surface area contributed by atoms with E-state index in [9.17, 15) is 4.79 Å². The molecule has 3 aromatic carbocycles. The van der Waals surface area contributed by atoms with E-state index in [0.29, 0.717) is 46.9 Å². The van der Waals surface area contributed by atoms with Crippen molar-refractivity contribution in [2.24, 2.45) is 0 Å². The summed E-state index contributed by atoms with van der Waals surface area (Å²) in [6.45, 7) is 0.935. The first kappa shape index (κ1) is 20.3. The number of rotatable bonds is 8. The summed E-state index contributed by atoms with van der Waals surface area (Å²) in [5.74, 6) is 2.46. The fourth-order valence-corrected chi connectivity index (χ4v) is 4.16. The maximum Gasteiger partial charge on any atom is 0.257 e. The summed E-state index contributed by atoms with van der Waals surface area (Å²) < 4.78 is 22.1. The van der Waals surface area contributed by atoms with E-state index in [4.69, 9.17) is 18.6 Å². The minimum absolute atomic E-state index is 0.145. The number of fused-ring (bicyclic) bond motifs is 2. The van der Waals surface area contributed by atoms with Gasteiger partial charge >= 0.3 is 0 Å². The molecule has 1 aromatic heterocycles. The van der Waals surface area contributed by atoms with Crippen molar-refractivity contribution < 1.29 is 23.4 Å². The van der Waals surface area contributed by atoms with Gasteiger partial charge in [0.05, 0.1) is 6.54 Å². The van der Waals surface area contributed by atoms with Crippen LogP contribution >= 0.6 is 11.8 Å². The van der Waals surface area contributed by atoms with Crippen molar-refractivity contribution in [2.45, 2.75) is 11.0 Å². The Labute approximate surface area is 188 Å². The molecule has 0 unspecified atom stereocenters. The molecule has 1 aliphatic rings. The van der Waals surface area contributed by atoms with Crippen LogP contribution in [0.3, 0.4) is 0 Å². The van der Waals surface area contributed by atoms with Crippen LogP contribution in [0.2, 0.25) is 0 Å². The van der Waals surface area contributed by atoms with Gasteiger partial charge in [-0.2, -0.15) is 0 Å². The van der Waals surface area contributed by atoms with Crippen molar-refractivity contribution in [1.29, 1.82) is 0 Å². The fourth-order valence-electron chi connectivity index (χ4n) is 3.32. The Hall–Kier alpha value is -3.65. The first-order chi connectivity index (χ1) is 15.8. The molecule has 4 aromatic rings. The van der Waals surface area contributed by atoms with E-state index in [0.717, 1.165) is 16.7 Å². The number of nitrogens with zero attached hydrogens (tertiary/aromatic N) is 1. The Balaban J connectivity index is 1.15. The smallest absolute Gasteiger partial charge is 0.257 e. The highest BCUT2D eigenvalue weighted by atomic mass is 32.2. The highest BCUT2D eigenvalue weighted by Crippen LogP contribution is 2.35. The number of hydrogen-bond acceptors (Lipinski definition) is 7. The molecule has 1 N–H and O–H groups in total. The average molecular weight is 449 g/mol. The van der Waals surface area contributed by atoms with E-state index in [1.165, 1.54) is 11.8 Å². The van der Waals surface area contributed by atoms with Gasteiger partial charge in [0.15, 0.2) is 17.1 Å². The molecule has 32 heavy (non-hydrogen) atoms. The molecule has 8 heteroatoms. The molecule has 0 saturated carbocycles. The first-order valence-corrected chi connectivity index (χ1v) is 11.1. The third-order valence-corrected chi connectivity index (χ3v) is 5.76. The summed E-state index contributed by atoms with van der Waals surface area (Å²) in [6, 6.07) is 20.6. The topological polar surface area (TPSA) is 82.8 Å². The van der Waals surface area contributed by atoms with Crippen LogP contribution in [0.5, 0.6) is 17.2 Å². The molecule has 0 spiro atoms. The van der Waals surface area contributed by atoms with Gasteiger partial charge in [-0.1, -0.05) is 42.1 Å². The second-order valence-corrected chi connectivity index (χ2v) is 7.94. The zero-order chi connectivity index (χ0) is 21.8. The number of oxazole rings is 1. The van der Waals surface area contributed by atoms with Gasteiger partial charge in [-0.3, -0.25) is 4.79 Å². The van der Waals surface area contributed by atoms with Crippen LogP contribution in [0.25, 0.3) is 11.1 Å². The van der Waals surface area contributed by atoms with Gasteiger partial charge in [0.25, 0.3) is 11.1 Å². The lowest BCUT2D eigenvalue weighted by Gasteiger charge is -2.11. The SMILES string of the molecule is O=C(NCCOc1ccc2c(c1)OCO2)c1ccccc1CSc1nc2ccccc2o1. The monoisotopic (exact) mass is 448 g/mol. The summed E-state index contributed by atoms with van der Waals surface area (Å²) in [7, 11) is 0. The first-order valence-electron chi connectivity index (χ1n) is 10.1. The minimum atomic E-state index is -0.145. The lowest BCUT2D eigenvalue weighted by Crippen LogP contribution is -2.28. The number of aromatic nitrogens is 1. The lowest BCUT2D eigenvalue weighted by molar-refractivity contribution is 0.0946. The highest BCUT2D eigenvalue weighted by molar-refractivity contribution is 7.98. The van der Waals surface area contributed by atoms with Crippen LogP contribution in [-0.2, 0) is 5.75 Å². The van der Waals surface area contributed by atoms with Crippen molar-refractivity contribution in [2.75, 3.05) is 19.9 Å². The van der Waals surface area contributed by atoms with Crippen LogP contribution < -0.4 is 19.5 Å². The second-order valence-electron chi connectivity index (χ2n) is 7.01. The molecule has 0 atom stereocenters.